The van der Waals surface area contributed by atoms with Gasteiger partial charge in [0.05, 0.1) is 11.6 Å². The minimum Gasteiger partial charge on any atom is -0.351 e. The predicted molar refractivity (Wildman–Crippen MR) is 130 cm³/mol. The van der Waals surface area contributed by atoms with Crippen LogP contribution < -0.4 is 5.32 Å². The van der Waals surface area contributed by atoms with E-state index in [1.54, 1.807) is 17.2 Å². The summed E-state index contributed by atoms with van der Waals surface area (Å²) in [6, 6.07) is 13.2. The maximum atomic E-state index is 13.2. The van der Waals surface area contributed by atoms with Crippen LogP contribution in [-0.2, 0) is 16.1 Å². The predicted octanol–water partition coefficient (Wildman–Crippen LogP) is 4.66. The summed E-state index contributed by atoms with van der Waals surface area (Å²) in [4.78, 5) is 31.7. The van der Waals surface area contributed by atoms with E-state index in [1.807, 2.05) is 29.2 Å². The zero-order chi connectivity index (χ0) is 24.2. The van der Waals surface area contributed by atoms with Gasteiger partial charge in [0.25, 0.3) is 0 Å². The van der Waals surface area contributed by atoms with Gasteiger partial charge in [0.15, 0.2) is 0 Å². The first-order valence-electron chi connectivity index (χ1n) is 11.3. The fraction of sp³-hybridized carbons (Fsp3) is 0.400. The summed E-state index contributed by atoms with van der Waals surface area (Å²) >= 11 is 13.2. The van der Waals surface area contributed by atoms with Gasteiger partial charge in [-0.1, -0.05) is 35.3 Å². The van der Waals surface area contributed by atoms with Gasteiger partial charge in [-0.15, -0.1) is 5.06 Å². The molecule has 2 saturated heterocycles. The van der Waals surface area contributed by atoms with Crippen molar-refractivity contribution in [2.45, 2.75) is 31.7 Å². The monoisotopic (exact) mass is 500 g/mol. The molecule has 2 heterocycles. The first-order valence-corrected chi connectivity index (χ1v) is 12.1. The van der Waals surface area contributed by atoms with Gasteiger partial charge in [-0.05, 0) is 66.6 Å². The van der Waals surface area contributed by atoms with Crippen LogP contribution in [0.3, 0.4) is 0 Å². The maximum Gasteiger partial charge on any atom is 0.426 e. The van der Waals surface area contributed by atoms with E-state index in [4.69, 9.17) is 33.3 Å². The Labute approximate surface area is 209 Å². The van der Waals surface area contributed by atoms with Crippen LogP contribution in [-0.4, -0.2) is 54.7 Å². The number of hydrogen-bond donors (Lipinski definition) is 1. The van der Waals surface area contributed by atoms with Crippen LogP contribution in [0.2, 0.25) is 10.0 Å². The normalized spacial score (nSPS) is 19.2. The summed E-state index contributed by atoms with van der Waals surface area (Å²) < 4.78 is 0. The molecular weight excluding hydrogens is 475 g/mol. The van der Waals surface area contributed by atoms with Crippen molar-refractivity contribution in [3.05, 3.63) is 57.6 Å². The molecule has 1 N–H and O–H groups in total. The van der Waals surface area contributed by atoms with Crippen LogP contribution in [0.15, 0.2) is 36.4 Å². The number of benzene rings is 2. The van der Waals surface area contributed by atoms with E-state index in [9.17, 15) is 9.59 Å². The van der Waals surface area contributed by atoms with Gasteiger partial charge in [-0.25, -0.2) is 4.79 Å². The Morgan fingerprint density at radius 3 is 2.32 bits per heavy atom. The van der Waals surface area contributed by atoms with Gasteiger partial charge in [0.2, 0.25) is 5.91 Å². The number of nitrogens with zero attached hydrogens (tertiary/aromatic N) is 3. The Balaban J connectivity index is 1.39. The molecule has 2 fully saturated rings. The molecular formula is C25H26Cl2N4O3. The van der Waals surface area contributed by atoms with Gasteiger partial charge in [-0.3, -0.25) is 4.79 Å². The number of carbonyl (C=O) groups is 2. The lowest BCUT2D eigenvalue weighted by molar-refractivity contribution is -0.140. The molecule has 9 heteroatoms. The summed E-state index contributed by atoms with van der Waals surface area (Å²) in [7, 11) is 1.53. The number of amides is 2. The Kier molecular flexibility index (Phi) is 7.62. The van der Waals surface area contributed by atoms with Crippen LogP contribution >= 0.6 is 23.2 Å². The summed E-state index contributed by atoms with van der Waals surface area (Å²) in [5, 5.41) is 14.2. The summed E-state index contributed by atoms with van der Waals surface area (Å²) in [5.74, 6) is -0.0233. The number of hydrogen-bond acceptors (Lipinski definition) is 5. The molecule has 0 aliphatic carbocycles. The second-order valence-corrected chi connectivity index (χ2v) is 9.43. The lowest BCUT2D eigenvalue weighted by Crippen LogP contribution is -2.47. The van der Waals surface area contributed by atoms with Gasteiger partial charge >= 0.3 is 6.09 Å². The highest BCUT2D eigenvalue weighted by atomic mass is 35.5. The molecule has 0 radical (unpaired) electrons. The molecule has 2 aromatic carbocycles. The molecule has 1 atom stereocenters. The second-order valence-electron chi connectivity index (χ2n) is 8.62. The highest BCUT2D eigenvalue weighted by Gasteiger charge is 2.38. The standard InChI is InChI=1S/C25H26Cl2N4O3/c1-29-25(33)34-30-9-7-20(8-10-30)31-11-6-18(24(31)32)12-21-22(26)13-19(14-23(21)27)17-4-2-16(15-28)3-5-17/h2-5,13-14,18,20H,6-12H2,1H3,(H,29,33)/t18-/m0/s1. The smallest absolute Gasteiger partial charge is 0.351 e. The number of carbonyl (C=O) groups excluding carboxylic acids is 2. The Hall–Kier alpha value is -2.79. The quantitative estimate of drug-likeness (QED) is 0.645. The molecule has 34 heavy (non-hydrogen) atoms. The molecule has 178 valence electrons. The molecule has 0 unspecified atom stereocenters. The van der Waals surface area contributed by atoms with Crippen molar-refractivity contribution in [3.63, 3.8) is 0 Å². The van der Waals surface area contributed by atoms with Crippen molar-refractivity contribution in [1.82, 2.24) is 15.3 Å². The third kappa shape index (κ3) is 5.30. The minimum atomic E-state index is -0.477. The van der Waals surface area contributed by atoms with Crippen LogP contribution in [0.1, 0.15) is 30.4 Å². The first-order chi connectivity index (χ1) is 16.4. The van der Waals surface area contributed by atoms with Crippen molar-refractivity contribution in [2.24, 2.45) is 5.92 Å². The molecule has 2 aromatic rings. The third-order valence-electron chi connectivity index (χ3n) is 6.57. The van der Waals surface area contributed by atoms with E-state index in [0.29, 0.717) is 41.7 Å². The largest absolute Gasteiger partial charge is 0.426 e. The van der Waals surface area contributed by atoms with E-state index in [2.05, 4.69) is 11.4 Å². The van der Waals surface area contributed by atoms with E-state index >= 15 is 0 Å². The lowest BCUT2D eigenvalue weighted by Gasteiger charge is -2.35. The molecule has 2 aliphatic rings. The van der Waals surface area contributed by atoms with E-state index in [0.717, 1.165) is 36.0 Å². The summed E-state index contributed by atoms with van der Waals surface area (Å²) in [6.07, 6.45) is 2.30. The number of nitrogens with one attached hydrogen (secondary N) is 1. The van der Waals surface area contributed by atoms with Crippen molar-refractivity contribution < 1.29 is 14.4 Å². The lowest BCUT2D eigenvalue weighted by atomic mass is 9.95. The van der Waals surface area contributed by atoms with Crippen molar-refractivity contribution in [3.8, 4) is 17.2 Å². The molecule has 0 aromatic heterocycles. The Bertz CT molecular complexity index is 1090. The number of likely N-dealkylation sites (tertiary alicyclic amines) is 1. The first kappa shape index (κ1) is 24.3. The molecule has 0 saturated carbocycles. The van der Waals surface area contributed by atoms with Gasteiger partial charge < -0.3 is 15.1 Å². The maximum absolute atomic E-state index is 13.2. The highest BCUT2D eigenvalue weighted by Crippen LogP contribution is 2.36. The third-order valence-corrected chi connectivity index (χ3v) is 7.24. The molecule has 0 spiro atoms. The van der Waals surface area contributed by atoms with Gasteiger partial charge in [0.1, 0.15) is 0 Å². The van der Waals surface area contributed by atoms with E-state index < -0.39 is 6.09 Å². The summed E-state index contributed by atoms with van der Waals surface area (Å²) in [6.45, 7) is 1.91. The van der Waals surface area contributed by atoms with Crippen molar-refractivity contribution in [2.75, 3.05) is 26.7 Å². The number of rotatable bonds is 5. The molecule has 7 nitrogen and oxygen atoms in total. The molecule has 0 bridgehead atoms. The van der Waals surface area contributed by atoms with E-state index in [-0.39, 0.29) is 17.9 Å². The second kappa shape index (κ2) is 10.6. The number of hydroxylamine groups is 2. The number of halogens is 2. The van der Waals surface area contributed by atoms with Crippen LogP contribution in [0, 0.1) is 17.2 Å². The zero-order valence-corrected chi connectivity index (χ0v) is 20.4. The average molecular weight is 501 g/mol. The van der Waals surface area contributed by atoms with Crippen molar-refractivity contribution >= 4 is 35.2 Å². The van der Waals surface area contributed by atoms with Gasteiger partial charge in [-0.2, -0.15) is 5.26 Å². The highest BCUT2D eigenvalue weighted by molar-refractivity contribution is 6.36. The van der Waals surface area contributed by atoms with Crippen LogP contribution in [0.4, 0.5) is 4.79 Å². The zero-order valence-electron chi connectivity index (χ0n) is 18.9. The van der Waals surface area contributed by atoms with Gasteiger partial charge in [0, 0.05) is 48.7 Å². The summed E-state index contributed by atoms with van der Waals surface area (Å²) in [5.41, 5.74) is 3.17. The Morgan fingerprint density at radius 2 is 1.74 bits per heavy atom. The number of nitriles is 1. The Morgan fingerprint density at radius 1 is 1.09 bits per heavy atom. The minimum absolute atomic E-state index is 0.133. The van der Waals surface area contributed by atoms with Crippen LogP contribution in [0.5, 0.6) is 0 Å². The van der Waals surface area contributed by atoms with Crippen LogP contribution in [0.25, 0.3) is 11.1 Å². The molecule has 2 aliphatic heterocycles. The average Bonchev–Trinajstić information content (AvgIpc) is 3.21. The molecule has 4 rings (SSSR count). The fourth-order valence-corrected chi connectivity index (χ4v) is 5.31. The van der Waals surface area contributed by atoms with Crippen molar-refractivity contribution in [1.29, 1.82) is 5.26 Å². The SMILES string of the molecule is CNC(=O)ON1CCC(N2CC[C@@H](Cc3c(Cl)cc(-c4ccc(C#N)cc4)cc3Cl)C2=O)CC1. The molecule has 2 amide bonds. The number of piperidine rings is 1. The topological polar surface area (TPSA) is 85.7 Å². The van der Waals surface area contributed by atoms with E-state index in [1.165, 1.54) is 7.05 Å². The fourth-order valence-electron chi connectivity index (χ4n) is 4.67.